The summed E-state index contributed by atoms with van der Waals surface area (Å²) < 4.78 is 13.0. The molecule has 2 aromatic rings. The van der Waals surface area contributed by atoms with Gasteiger partial charge in [-0.25, -0.2) is 9.18 Å². The van der Waals surface area contributed by atoms with Gasteiger partial charge < -0.3 is 10.4 Å². The molecule has 0 saturated carbocycles. The molecule has 0 unspecified atom stereocenters. The number of rotatable bonds is 3. The van der Waals surface area contributed by atoms with E-state index < -0.39 is 17.7 Å². The summed E-state index contributed by atoms with van der Waals surface area (Å²) in [5.74, 6) is -2.09. The average molecular weight is 308 g/mol. The van der Waals surface area contributed by atoms with Gasteiger partial charge in [-0.3, -0.25) is 4.79 Å². The molecule has 0 bridgehead atoms. The first-order chi connectivity index (χ1) is 9.88. The number of carboxylic acids is 1. The zero-order valence-electron chi connectivity index (χ0n) is 11.0. The van der Waals surface area contributed by atoms with Crippen molar-refractivity contribution in [3.63, 3.8) is 0 Å². The Balaban J connectivity index is 2.21. The molecule has 0 fully saturated rings. The number of hydrogen-bond donors (Lipinski definition) is 2. The predicted molar refractivity (Wildman–Crippen MR) is 77.5 cm³/mol. The van der Waals surface area contributed by atoms with Crippen LogP contribution in [0.4, 0.5) is 10.1 Å². The Morgan fingerprint density at radius 1 is 1.19 bits per heavy atom. The number of anilines is 1. The number of amides is 1. The van der Waals surface area contributed by atoms with Crippen molar-refractivity contribution in [2.24, 2.45) is 0 Å². The highest BCUT2D eigenvalue weighted by Crippen LogP contribution is 2.19. The molecule has 0 aliphatic heterocycles. The second-order valence-corrected chi connectivity index (χ2v) is 4.83. The molecule has 108 valence electrons. The lowest BCUT2D eigenvalue weighted by atomic mass is 10.1. The minimum absolute atomic E-state index is 0.139. The fraction of sp³-hybridized carbons (Fsp3) is 0.0667. The molecule has 1 amide bonds. The molecule has 0 atom stereocenters. The van der Waals surface area contributed by atoms with E-state index in [-0.39, 0.29) is 16.1 Å². The number of benzene rings is 2. The topological polar surface area (TPSA) is 66.4 Å². The van der Waals surface area contributed by atoms with Crippen LogP contribution >= 0.6 is 11.6 Å². The number of nitrogens with one attached hydrogen (secondary N) is 1. The zero-order valence-corrected chi connectivity index (χ0v) is 11.7. The normalized spacial score (nSPS) is 10.2. The summed E-state index contributed by atoms with van der Waals surface area (Å²) in [6.45, 7) is 1.63. The van der Waals surface area contributed by atoms with E-state index in [0.717, 1.165) is 6.07 Å². The fourth-order valence-electron chi connectivity index (χ4n) is 1.82. The highest BCUT2D eigenvalue weighted by Gasteiger charge is 2.11. The number of hydrogen-bond acceptors (Lipinski definition) is 2. The number of aromatic carboxylic acids is 1. The standard InChI is InChI=1S/C15H11ClFNO3/c1-8-6-10(3-4-11(8)15(20)21)18-14(19)9-2-5-13(17)12(16)7-9/h2-7H,1H3,(H,18,19)(H,20,21). The Hall–Kier alpha value is -2.40. The Kier molecular flexibility index (Phi) is 4.23. The molecule has 0 aliphatic carbocycles. The third kappa shape index (κ3) is 3.38. The van der Waals surface area contributed by atoms with Gasteiger partial charge in [0, 0.05) is 11.3 Å². The lowest BCUT2D eigenvalue weighted by Crippen LogP contribution is -2.12. The van der Waals surface area contributed by atoms with Crippen molar-refractivity contribution < 1.29 is 19.1 Å². The summed E-state index contributed by atoms with van der Waals surface area (Å²) in [5, 5.41) is 11.4. The van der Waals surface area contributed by atoms with E-state index >= 15 is 0 Å². The summed E-state index contributed by atoms with van der Waals surface area (Å²) in [5.41, 5.74) is 1.35. The van der Waals surface area contributed by atoms with E-state index in [0.29, 0.717) is 11.3 Å². The Morgan fingerprint density at radius 3 is 2.48 bits per heavy atom. The van der Waals surface area contributed by atoms with Crippen LogP contribution in [0.2, 0.25) is 5.02 Å². The number of carbonyl (C=O) groups excluding carboxylic acids is 1. The molecule has 0 spiro atoms. The molecule has 6 heteroatoms. The van der Waals surface area contributed by atoms with Gasteiger partial charge in [0.25, 0.3) is 5.91 Å². The van der Waals surface area contributed by atoms with Crippen LogP contribution in [0.1, 0.15) is 26.3 Å². The third-order valence-electron chi connectivity index (χ3n) is 2.90. The third-order valence-corrected chi connectivity index (χ3v) is 3.19. The molecule has 0 aliphatic rings. The van der Waals surface area contributed by atoms with Gasteiger partial charge in [-0.2, -0.15) is 0 Å². The maximum absolute atomic E-state index is 13.0. The minimum Gasteiger partial charge on any atom is -0.478 e. The van der Waals surface area contributed by atoms with E-state index in [4.69, 9.17) is 16.7 Å². The van der Waals surface area contributed by atoms with Gasteiger partial charge in [0.15, 0.2) is 0 Å². The molecular formula is C15H11ClFNO3. The van der Waals surface area contributed by atoms with Crippen molar-refractivity contribution in [3.8, 4) is 0 Å². The maximum Gasteiger partial charge on any atom is 0.335 e. The molecule has 21 heavy (non-hydrogen) atoms. The van der Waals surface area contributed by atoms with E-state index in [1.54, 1.807) is 13.0 Å². The van der Waals surface area contributed by atoms with Crippen molar-refractivity contribution in [1.29, 1.82) is 0 Å². The van der Waals surface area contributed by atoms with Crippen LogP contribution < -0.4 is 5.32 Å². The summed E-state index contributed by atoms with van der Waals surface area (Å²) >= 11 is 5.62. The van der Waals surface area contributed by atoms with E-state index in [9.17, 15) is 14.0 Å². The molecule has 2 rings (SSSR count). The predicted octanol–water partition coefficient (Wildman–Crippen LogP) is 3.74. The fourth-order valence-corrected chi connectivity index (χ4v) is 2.00. The quantitative estimate of drug-likeness (QED) is 0.907. The Labute approximate surface area is 125 Å². The van der Waals surface area contributed by atoms with E-state index in [1.165, 1.54) is 24.3 Å². The van der Waals surface area contributed by atoms with Crippen molar-refractivity contribution in [2.75, 3.05) is 5.32 Å². The van der Waals surface area contributed by atoms with Crippen LogP contribution in [-0.4, -0.2) is 17.0 Å². The molecule has 2 aromatic carbocycles. The molecule has 2 N–H and O–H groups in total. The molecular weight excluding hydrogens is 297 g/mol. The molecule has 0 aromatic heterocycles. The monoisotopic (exact) mass is 307 g/mol. The van der Waals surface area contributed by atoms with Gasteiger partial charge in [-0.1, -0.05) is 11.6 Å². The van der Waals surface area contributed by atoms with Crippen molar-refractivity contribution in [1.82, 2.24) is 0 Å². The van der Waals surface area contributed by atoms with Crippen molar-refractivity contribution in [3.05, 3.63) is 63.9 Å². The highest BCUT2D eigenvalue weighted by molar-refractivity contribution is 6.31. The van der Waals surface area contributed by atoms with Crippen LogP contribution in [0.15, 0.2) is 36.4 Å². The molecule has 0 radical (unpaired) electrons. The summed E-state index contributed by atoms with van der Waals surface area (Å²) in [4.78, 5) is 22.9. The molecule has 4 nitrogen and oxygen atoms in total. The Bertz CT molecular complexity index is 731. The second-order valence-electron chi connectivity index (χ2n) is 4.42. The van der Waals surface area contributed by atoms with E-state index in [1.807, 2.05) is 0 Å². The summed E-state index contributed by atoms with van der Waals surface area (Å²) in [6, 6.07) is 8.09. The van der Waals surface area contributed by atoms with Gasteiger partial charge in [-0.15, -0.1) is 0 Å². The minimum atomic E-state index is -1.03. The zero-order chi connectivity index (χ0) is 15.6. The number of carboxylic acid groups (broad SMARTS) is 1. The number of carbonyl (C=O) groups is 2. The second kappa shape index (κ2) is 5.93. The van der Waals surface area contributed by atoms with Crippen molar-refractivity contribution in [2.45, 2.75) is 6.92 Å². The van der Waals surface area contributed by atoms with Crippen LogP contribution in [0, 0.1) is 12.7 Å². The Morgan fingerprint density at radius 2 is 1.90 bits per heavy atom. The number of aryl methyl sites for hydroxylation is 1. The first kappa shape index (κ1) is 15.0. The van der Waals surface area contributed by atoms with Crippen LogP contribution in [0.3, 0.4) is 0 Å². The highest BCUT2D eigenvalue weighted by atomic mass is 35.5. The van der Waals surface area contributed by atoms with Gasteiger partial charge in [0.05, 0.1) is 10.6 Å². The van der Waals surface area contributed by atoms with Gasteiger partial charge in [0.2, 0.25) is 0 Å². The van der Waals surface area contributed by atoms with Crippen LogP contribution in [0.5, 0.6) is 0 Å². The lowest BCUT2D eigenvalue weighted by Gasteiger charge is -2.08. The largest absolute Gasteiger partial charge is 0.478 e. The van der Waals surface area contributed by atoms with Crippen LogP contribution in [0.25, 0.3) is 0 Å². The first-order valence-corrected chi connectivity index (χ1v) is 6.36. The number of halogens is 2. The average Bonchev–Trinajstić information content (AvgIpc) is 2.41. The first-order valence-electron chi connectivity index (χ1n) is 5.99. The van der Waals surface area contributed by atoms with Crippen LogP contribution in [-0.2, 0) is 0 Å². The smallest absolute Gasteiger partial charge is 0.335 e. The van der Waals surface area contributed by atoms with Gasteiger partial charge >= 0.3 is 5.97 Å². The lowest BCUT2D eigenvalue weighted by molar-refractivity contribution is 0.0696. The van der Waals surface area contributed by atoms with Gasteiger partial charge in [-0.05, 0) is 48.9 Å². The van der Waals surface area contributed by atoms with Gasteiger partial charge in [0.1, 0.15) is 5.82 Å². The van der Waals surface area contributed by atoms with E-state index in [2.05, 4.69) is 5.32 Å². The molecule has 0 saturated heterocycles. The SMILES string of the molecule is Cc1cc(NC(=O)c2ccc(F)c(Cl)c2)ccc1C(=O)O. The van der Waals surface area contributed by atoms with Crippen molar-refractivity contribution >= 4 is 29.2 Å². The summed E-state index contributed by atoms with van der Waals surface area (Å²) in [7, 11) is 0. The molecule has 0 heterocycles. The maximum atomic E-state index is 13.0. The summed E-state index contributed by atoms with van der Waals surface area (Å²) in [6.07, 6.45) is 0.